The maximum Gasteiger partial charge on any atom is 0.253 e. The SMILES string of the molecule is CC(NC1CN(C(=O)c2ccc(Oc3ccccc3)cc2)C1)c1ccccc1. The molecule has 1 heterocycles. The molecule has 0 saturated carbocycles. The van der Waals surface area contributed by atoms with E-state index >= 15 is 0 Å². The summed E-state index contributed by atoms with van der Waals surface area (Å²) in [4.78, 5) is 14.5. The minimum atomic E-state index is 0.0664. The van der Waals surface area contributed by atoms with E-state index in [0.717, 1.165) is 24.6 Å². The number of likely N-dealkylation sites (tertiary alicyclic amines) is 1. The maximum absolute atomic E-state index is 12.7. The lowest BCUT2D eigenvalue weighted by Crippen LogP contribution is -2.60. The summed E-state index contributed by atoms with van der Waals surface area (Å²) in [6, 6.07) is 27.9. The summed E-state index contributed by atoms with van der Waals surface area (Å²) in [6.07, 6.45) is 0. The van der Waals surface area contributed by atoms with Gasteiger partial charge in [0.25, 0.3) is 5.91 Å². The van der Waals surface area contributed by atoms with Crippen molar-refractivity contribution >= 4 is 5.91 Å². The number of ether oxygens (including phenoxy) is 1. The highest BCUT2D eigenvalue weighted by Gasteiger charge is 2.31. The molecule has 4 nitrogen and oxygen atoms in total. The second-order valence-electron chi connectivity index (χ2n) is 7.15. The van der Waals surface area contributed by atoms with Gasteiger partial charge in [0.2, 0.25) is 0 Å². The molecule has 1 unspecified atom stereocenters. The summed E-state index contributed by atoms with van der Waals surface area (Å²) in [5.41, 5.74) is 1.95. The first kappa shape index (κ1) is 18.3. The molecule has 4 rings (SSSR count). The van der Waals surface area contributed by atoms with Gasteiger partial charge < -0.3 is 15.0 Å². The molecule has 1 aliphatic rings. The van der Waals surface area contributed by atoms with Gasteiger partial charge in [-0.3, -0.25) is 4.79 Å². The number of nitrogens with one attached hydrogen (secondary N) is 1. The molecule has 0 radical (unpaired) electrons. The van der Waals surface area contributed by atoms with Gasteiger partial charge in [0, 0.05) is 30.7 Å². The highest BCUT2D eigenvalue weighted by molar-refractivity contribution is 5.95. The minimum absolute atomic E-state index is 0.0664. The van der Waals surface area contributed by atoms with Crippen LogP contribution in [0.5, 0.6) is 11.5 Å². The number of hydrogen-bond acceptors (Lipinski definition) is 3. The number of para-hydroxylation sites is 1. The lowest BCUT2D eigenvalue weighted by atomic mass is 10.0. The van der Waals surface area contributed by atoms with E-state index in [4.69, 9.17) is 4.74 Å². The van der Waals surface area contributed by atoms with Crippen LogP contribution in [-0.4, -0.2) is 29.9 Å². The summed E-state index contributed by atoms with van der Waals surface area (Å²) in [5.74, 6) is 1.57. The number of benzene rings is 3. The van der Waals surface area contributed by atoms with Gasteiger partial charge in [-0.2, -0.15) is 0 Å². The fourth-order valence-corrected chi connectivity index (χ4v) is 3.41. The van der Waals surface area contributed by atoms with Crippen molar-refractivity contribution in [2.24, 2.45) is 0 Å². The van der Waals surface area contributed by atoms with Crippen molar-refractivity contribution in [2.75, 3.05) is 13.1 Å². The fourth-order valence-electron chi connectivity index (χ4n) is 3.41. The van der Waals surface area contributed by atoms with E-state index in [-0.39, 0.29) is 11.9 Å². The van der Waals surface area contributed by atoms with Crippen LogP contribution in [0.15, 0.2) is 84.9 Å². The molecule has 142 valence electrons. The molecule has 1 amide bonds. The number of carbonyl (C=O) groups excluding carboxylic acids is 1. The molecule has 1 N–H and O–H groups in total. The Labute approximate surface area is 165 Å². The normalized spacial score (nSPS) is 15.0. The number of hydrogen-bond donors (Lipinski definition) is 1. The van der Waals surface area contributed by atoms with Crippen molar-refractivity contribution in [2.45, 2.75) is 19.0 Å². The van der Waals surface area contributed by atoms with Gasteiger partial charge in [0.15, 0.2) is 0 Å². The Bertz CT molecular complexity index is 904. The van der Waals surface area contributed by atoms with Crippen molar-refractivity contribution in [3.05, 3.63) is 96.1 Å². The molecule has 0 spiro atoms. The van der Waals surface area contributed by atoms with Crippen LogP contribution in [0.3, 0.4) is 0 Å². The molecule has 1 fully saturated rings. The van der Waals surface area contributed by atoms with Gasteiger partial charge in [-0.1, -0.05) is 48.5 Å². The quantitative estimate of drug-likeness (QED) is 0.685. The van der Waals surface area contributed by atoms with E-state index in [9.17, 15) is 4.79 Å². The van der Waals surface area contributed by atoms with Gasteiger partial charge in [-0.25, -0.2) is 0 Å². The van der Waals surface area contributed by atoms with Crippen LogP contribution in [0, 0.1) is 0 Å². The Morgan fingerprint density at radius 2 is 1.46 bits per heavy atom. The fraction of sp³-hybridized carbons (Fsp3) is 0.208. The lowest BCUT2D eigenvalue weighted by molar-refractivity contribution is 0.0554. The van der Waals surface area contributed by atoms with Gasteiger partial charge in [-0.05, 0) is 48.9 Å². The maximum atomic E-state index is 12.7. The Kier molecular flexibility index (Phi) is 5.40. The molecular weight excluding hydrogens is 348 g/mol. The van der Waals surface area contributed by atoms with E-state index in [1.807, 2.05) is 65.6 Å². The largest absolute Gasteiger partial charge is 0.457 e. The predicted molar refractivity (Wildman–Crippen MR) is 111 cm³/mol. The smallest absolute Gasteiger partial charge is 0.253 e. The summed E-state index contributed by atoms with van der Waals surface area (Å²) < 4.78 is 5.78. The molecule has 0 bridgehead atoms. The van der Waals surface area contributed by atoms with Gasteiger partial charge >= 0.3 is 0 Å². The van der Waals surface area contributed by atoms with Crippen LogP contribution in [0.2, 0.25) is 0 Å². The summed E-state index contributed by atoms with van der Waals surface area (Å²) in [5, 5.41) is 3.59. The molecule has 1 atom stereocenters. The van der Waals surface area contributed by atoms with E-state index in [0.29, 0.717) is 11.6 Å². The first-order chi connectivity index (χ1) is 13.7. The third-order valence-corrected chi connectivity index (χ3v) is 5.03. The zero-order valence-electron chi connectivity index (χ0n) is 15.9. The molecule has 3 aromatic rings. The van der Waals surface area contributed by atoms with Crippen molar-refractivity contribution in [3.63, 3.8) is 0 Å². The second kappa shape index (κ2) is 8.28. The zero-order chi connectivity index (χ0) is 19.3. The highest BCUT2D eigenvalue weighted by atomic mass is 16.5. The molecular formula is C24H24N2O2. The van der Waals surface area contributed by atoms with Crippen molar-refractivity contribution < 1.29 is 9.53 Å². The van der Waals surface area contributed by atoms with E-state index < -0.39 is 0 Å². The summed E-state index contributed by atoms with van der Waals surface area (Å²) in [6.45, 7) is 3.63. The third-order valence-electron chi connectivity index (χ3n) is 5.03. The van der Waals surface area contributed by atoms with Gasteiger partial charge in [-0.15, -0.1) is 0 Å². The Morgan fingerprint density at radius 3 is 2.11 bits per heavy atom. The van der Waals surface area contributed by atoms with Crippen molar-refractivity contribution in [1.82, 2.24) is 10.2 Å². The van der Waals surface area contributed by atoms with Crippen LogP contribution < -0.4 is 10.1 Å². The molecule has 0 aliphatic carbocycles. The summed E-state index contributed by atoms with van der Waals surface area (Å²) in [7, 11) is 0. The van der Waals surface area contributed by atoms with E-state index in [1.54, 1.807) is 0 Å². The summed E-state index contributed by atoms with van der Waals surface area (Å²) >= 11 is 0. The van der Waals surface area contributed by atoms with Crippen molar-refractivity contribution in [1.29, 1.82) is 0 Å². The Balaban J connectivity index is 1.29. The van der Waals surface area contributed by atoms with E-state index in [1.165, 1.54) is 5.56 Å². The monoisotopic (exact) mass is 372 g/mol. The predicted octanol–water partition coefficient (Wildman–Crippen LogP) is 4.65. The Hall–Kier alpha value is -3.11. The number of amides is 1. The van der Waals surface area contributed by atoms with Gasteiger partial charge in [0.1, 0.15) is 11.5 Å². The molecule has 28 heavy (non-hydrogen) atoms. The van der Waals surface area contributed by atoms with Crippen LogP contribution >= 0.6 is 0 Å². The minimum Gasteiger partial charge on any atom is -0.457 e. The van der Waals surface area contributed by atoms with E-state index in [2.05, 4.69) is 36.5 Å². The van der Waals surface area contributed by atoms with Crippen LogP contribution in [0.1, 0.15) is 28.9 Å². The number of rotatable bonds is 6. The van der Waals surface area contributed by atoms with Crippen LogP contribution in [0.4, 0.5) is 0 Å². The second-order valence-corrected chi connectivity index (χ2v) is 7.15. The topological polar surface area (TPSA) is 41.6 Å². The third kappa shape index (κ3) is 4.24. The molecule has 1 saturated heterocycles. The van der Waals surface area contributed by atoms with Crippen molar-refractivity contribution in [3.8, 4) is 11.5 Å². The number of nitrogens with zero attached hydrogens (tertiary/aromatic N) is 1. The first-order valence-corrected chi connectivity index (χ1v) is 9.62. The Morgan fingerprint density at radius 1 is 0.893 bits per heavy atom. The first-order valence-electron chi connectivity index (χ1n) is 9.62. The van der Waals surface area contributed by atoms with Gasteiger partial charge in [0.05, 0.1) is 0 Å². The molecule has 3 aromatic carbocycles. The average Bonchev–Trinajstić information content (AvgIpc) is 2.72. The molecule has 0 aromatic heterocycles. The highest BCUT2D eigenvalue weighted by Crippen LogP contribution is 2.23. The molecule has 1 aliphatic heterocycles. The zero-order valence-corrected chi connectivity index (χ0v) is 15.9. The lowest BCUT2D eigenvalue weighted by Gasteiger charge is -2.41. The van der Waals surface area contributed by atoms with Crippen LogP contribution in [-0.2, 0) is 0 Å². The van der Waals surface area contributed by atoms with Crippen LogP contribution in [0.25, 0.3) is 0 Å². The average molecular weight is 372 g/mol. The number of carbonyl (C=O) groups is 1. The standard InChI is InChI=1S/C24H24N2O2/c1-18(19-8-4-2-5-9-19)25-21-16-26(17-21)24(27)20-12-14-23(15-13-20)28-22-10-6-3-7-11-22/h2-15,18,21,25H,16-17H2,1H3. The molecule has 4 heteroatoms.